The molecule has 43 heavy (non-hydrogen) atoms. The lowest BCUT2D eigenvalue weighted by molar-refractivity contribution is -0.274. The van der Waals surface area contributed by atoms with Crippen LogP contribution in [0.4, 0.5) is 24.5 Å². The maximum absolute atomic E-state index is 12.9. The molecule has 3 aliphatic heterocycles. The summed E-state index contributed by atoms with van der Waals surface area (Å²) >= 11 is 0. The summed E-state index contributed by atoms with van der Waals surface area (Å²) in [4.78, 5) is 4.59. The molecule has 0 aliphatic carbocycles. The van der Waals surface area contributed by atoms with Gasteiger partial charge in [0.2, 0.25) is 0 Å². The third-order valence-electron chi connectivity index (χ3n) is 8.32. The van der Waals surface area contributed by atoms with Gasteiger partial charge in [-0.2, -0.15) is 0 Å². The summed E-state index contributed by atoms with van der Waals surface area (Å²) in [6.07, 6.45) is -0.703. The molecule has 0 spiro atoms. The molecule has 3 aliphatic rings. The van der Waals surface area contributed by atoms with Crippen LogP contribution in [0.5, 0.6) is 11.5 Å². The van der Waals surface area contributed by atoms with E-state index >= 15 is 0 Å². The Hall–Kier alpha value is -4.21. The van der Waals surface area contributed by atoms with E-state index in [0.717, 1.165) is 59.5 Å². The van der Waals surface area contributed by atoms with Crippen molar-refractivity contribution in [2.24, 2.45) is 0 Å². The minimum absolute atomic E-state index is 0.283. The smallest absolute Gasteiger partial charge is 0.473 e. The first-order valence-corrected chi connectivity index (χ1v) is 14.5. The van der Waals surface area contributed by atoms with Gasteiger partial charge in [-0.3, -0.25) is 0 Å². The van der Waals surface area contributed by atoms with Crippen molar-refractivity contribution in [3.63, 3.8) is 0 Å². The maximum Gasteiger partial charge on any atom is 0.573 e. The van der Waals surface area contributed by atoms with Crippen LogP contribution in [-0.2, 0) is 15.1 Å². The van der Waals surface area contributed by atoms with Gasteiger partial charge in [-0.05, 0) is 41.8 Å². The molecule has 6 nitrogen and oxygen atoms in total. The number of fused-ring (bicyclic) bond motifs is 3. The van der Waals surface area contributed by atoms with Gasteiger partial charge in [-0.1, -0.05) is 48.5 Å². The second-order valence-electron chi connectivity index (χ2n) is 10.8. The first-order chi connectivity index (χ1) is 20.9. The molecule has 7 rings (SSSR count). The van der Waals surface area contributed by atoms with Crippen molar-refractivity contribution < 1.29 is 32.1 Å². The topological polar surface area (TPSA) is 43.4 Å². The van der Waals surface area contributed by atoms with E-state index in [4.69, 9.17) is 14.2 Å². The number of rotatable bonds is 5. The summed E-state index contributed by atoms with van der Waals surface area (Å²) in [7, 11) is 0. The molecule has 0 amide bonds. The highest BCUT2D eigenvalue weighted by molar-refractivity contribution is 6.02. The third kappa shape index (κ3) is 5.39. The second kappa shape index (κ2) is 11.1. The normalized spacial score (nSPS) is 20.5. The number of benzene rings is 4. The molecule has 9 heteroatoms. The number of alkyl halides is 3. The van der Waals surface area contributed by atoms with Crippen molar-refractivity contribution in [1.29, 1.82) is 0 Å². The Morgan fingerprint density at radius 2 is 1.28 bits per heavy atom. The summed E-state index contributed by atoms with van der Waals surface area (Å²) in [6, 6.07) is 24.5. The van der Waals surface area contributed by atoms with Crippen LogP contribution in [-0.4, -0.2) is 59.0 Å². The standard InChI is InChI=1S/C34H31F3N2O4/c35-34(36,37)42-27-11-7-25(8-12-27)33(24-5-9-26(10-6-24)38-15-19-40-20-16-38)14-13-30-28-3-1-2-4-29(28)31(23-32(30)43-33)39-17-21-41-22-18-39/h1-14,23H,15-22H2. The lowest BCUT2D eigenvalue weighted by Crippen LogP contribution is -2.37. The Kier molecular flexibility index (Phi) is 7.15. The molecule has 2 saturated heterocycles. The number of hydrogen-bond acceptors (Lipinski definition) is 6. The van der Waals surface area contributed by atoms with Gasteiger partial charge in [0.25, 0.3) is 0 Å². The van der Waals surface area contributed by atoms with Gasteiger partial charge in [0.15, 0.2) is 5.60 Å². The summed E-state index contributed by atoms with van der Waals surface area (Å²) in [5.74, 6) is 0.422. The fourth-order valence-electron chi connectivity index (χ4n) is 6.21. The molecule has 1 atom stereocenters. The van der Waals surface area contributed by atoms with Crippen molar-refractivity contribution in [3.8, 4) is 11.5 Å². The maximum atomic E-state index is 12.9. The first kappa shape index (κ1) is 27.6. The molecule has 4 aromatic rings. The Labute approximate surface area is 247 Å². The third-order valence-corrected chi connectivity index (χ3v) is 8.32. The van der Waals surface area contributed by atoms with Gasteiger partial charge >= 0.3 is 6.36 Å². The molecular weight excluding hydrogens is 557 g/mol. The minimum Gasteiger partial charge on any atom is -0.473 e. The number of morpholine rings is 2. The molecule has 0 radical (unpaired) electrons. The van der Waals surface area contributed by atoms with E-state index in [9.17, 15) is 13.2 Å². The molecule has 0 aromatic heterocycles. The SMILES string of the molecule is FC(F)(F)Oc1ccc(C2(c3ccc(N4CCOCC4)cc3)C=Cc3c(cc(N4CCOCC4)c4ccccc34)O2)cc1. The number of anilines is 2. The number of halogens is 3. The molecular formula is C34H31F3N2O4. The monoisotopic (exact) mass is 588 g/mol. The van der Waals surface area contributed by atoms with E-state index in [0.29, 0.717) is 37.7 Å². The van der Waals surface area contributed by atoms with Crippen molar-refractivity contribution >= 4 is 28.2 Å². The van der Waals surface area contributed by atoms with Gasteiger partial charge in [0.05, 0.1) is 26.4 Å². The molecule has 1 unspecified atom stereocenters. The molecule has 0 N–H and O–H groups in total. The van der Waals surface area contributed by atoms with E-state index in [1.807, 2.05) is 30.3 Å². The van der Waals surface area contributed by atoms with Crippen LogP contribution in [0, 0.1) is 0 Å². The van der Waals surface area contributed by atoms with E-state index in [1.54, 1.807) is 12.1 Å². The van der Waals surface area contributed by atoms with Gasteiger partial charge < -0.3 is 28.7 Å². The predicted octanol–water partition coefficient (Wildman–Crippen LogP) is 6.76. The van der Waals surface area contributed by atoms with Crippen LogP contribution in [0.15, 0.2) is 84.9 Å². The Bertz CT molecular complexity index is 1630. The molecule has 0 saturated carbocycles. The number of ether oxygens (including phenoxy) is 4. The second-order valence-corrected chi connectivity index (χ2v) is 10.8. The van der Waals surface area contributed by atoms with Crippen molar-refractivity contribution in [3.05, 3.63) is 102 Å². The average Bonchev–Trinajstić information content (AvgIpc) is 3.04. The van der Waals surface area contributed by atoms with Crippen molar-refractivity contribution in [2.45, 2.75) is 12.0 Å². The Morgan fingerprint density at radius 1 is 0.698 bits per heavy atom. The van der Waals surface area contributed by atoms with Crippen LogP contribution in [0.2, 0.25) is 0 Å². The summed E-state index contributed by atoms with van der Waals surface area (Å²) in [5, 5.41) is 2.20. The zero-order chi connectivity index (χ0) is 29.4. The predicted molar refractivity (Wildman–Crippen MR) is 160 cm³/mol. The van der Waals surface area contributed by atoms with Crippen LogP contribution in [0.1, 0.15) is 16.7 Å². The van der Waals surface area contributed by atoms with Crippen molar-refractivity contribution in [1.82, 2.24) is 0 Å². The largest absolute Gasteiger partial charge is 0.573 e. The highest BCUT2D eigenvalue weighted by Gasteiger charge is 2.39. The van der Waals surface area contributed by atoms with Crippen LogP contribution >= 0.6 is 0 Å². The minimum atomic E-state index is -4.77. The highest BCUT2D eigenvalue weighted by atomic mass is 19.4. The first-order valence-electron chi connectivity index (χ1n) is 14.5. The summed E-state index contributed by atoms with van der Waals surface area (Å²) in [5.41, 5.74) is 3.57. The fourth-order valence-corrected chi connectivity index (χ4v) is 6.21. The van der Waals surface area contributed by atoms with E-state index in [1.165, 1.54) is 12.1 Å². The summed E-state index contributed by atoms with van der Waals surface area (Å²) < 4.78 is 61.1. The highest BCUT2D eigenvalue weighted by Crippen LogP contribution is 2.47. The van der Waals surface area contributed by atoms with Crippen LogP contribution in [0.3, 0.4) is 0 Å². The van der Waals surface area contributed by atoms with E-state index < -0.39 is 12.0 Å². The van der Waals surface area contributed by atoms with Crippen LogP contribution in [0.25, 0.3) is 16.8 Å². The molecule has 0 bridgehead atoms. The van der Waals surface area contributed by atoms with Gasteiger partial charge in [-0.15, -0.1) is 13.2 Å². The zero-order valence-corrected chi connectivity index (χ0v) is 23.5. The quantitative estimate of drug-likeness (QED) is 0.257. The van der Waals surface area contributed by atoms with E-state index in [2.05, 4.69) is 50.9 Å². The number of hydrogen-bond donors (Lipinski definition) is 0. The van der Waals surface area contributed by atoms with Crippen molar-refractivity contribution in [2.75, 3.05) is 62.4 Å². The molecule has 2 fully saturated rings. The Balaban J connectivity index is 1.34. The fraction of sp³-hybridized carbons (Fsp3) is 0.294. The number of nitrogens with zero attached hydrogens (tertiary/aromatic N) is 2. The molecule has 222 valence electrons. The van der Waals surface area contributed by atoms with Gasteiger partial charge in [0.1, 0.15) is 11.5 Å². The lowest BCUT2D eigenvalue weighted by Gasteiger charge is -2.38. The Morgan fingerprint density at radius 3 is 1.91 bits per heavy atom. The van der Waals surface area contributed by atoms with Gasteiger partial charge in [0, 0.05) is 65.7 Å². The van der Waals surface area contributed by atoms with E-state index in [-0.39, 0.29) is 5.75 Å². The van der Waals surface area contributed by atoms with Crippen LogP contribution < -0.4 is 19.3 Å². The molecule has 4 aromatic carbocycles. The summed E-state index contributed by atoms with van der Waals surface area (Å²) in [6.45, 7) is 5.83. The average molecular weight is 589 g/mol. The zero-order valence-electron chi connectivity index (χ0n) is 23.5. The van der Waals surface area contributed by atoms with Gasteiger partial charge in [-0.25, -0.2) is 0 Å². The lowest BCUT2D eigenvalue weighted by atomic mass is 9.83. The molecule has 3 heterocycles.